The molecule has 2 heterocycles. The highest BCUT2D eigenvalue weighted by Gasteiger charge is 2.25. The second-order valence-corrected chi connectivity index (χ2v) is 7.72. The molecule has 35 heavy (non-hydrogen) atoms. The maximum absolute atomic E-state index is 14.6. The molecule has 0 saturated heterocycles. The molecule has 5 rings (SSSR count). The summed E-state index contributed by atoms with van der Waals surface area (Å²) >= 11 is 0. The summed E-state index contributed by atoms with van der Waals surface area (Å²) < 4.78 is 44.1. The van der Waals surface area contributed by atoms with E-state index in [1.165, 1.54) is 28.8 Å². The lowest BCUT2D eigenvalue weighted by molar-refractivity contribution is 0.0997. The molecule has 1 amide bonds. The molecule has 3 aromatic carbocycles. The predicted octanol–water partition coefficient (Wildman–Crippen LogP) is 3.81. The Morgan fingerprint density at radius 1 is 0.886 bits per heavy atom. The van der Waals surface area contributed by atoms with Gasteiger partial charge < -0.3 is 5.73 Å². The fourth-order valence-electron chi connectivity index (χ4n) is 3.85. The van der Waals surface area contributed by atoms with Crippen molar-refractivity contribution in [3.05, 3.63) is 112 Å². The monoisotopic (exact) mass is 475 g/mol. The van der Waals surface area contributed by atoms with Gasteiger partial charge in [0.25, 0.3) is 5.91 Å². The lowest BCUT2D eigenvalue weighted by atomic mass is 10.2. The molecule has 0 aliphatic rings. The zero-order chi connectivity index (χ0) is 24.7. The number of nitrogens with zero attached hydrogens (tertiary/aromatic N) is 4. The van der Waals surface area contributed by atoms with Gasteiger partial charge in [-0.25, -0.2) is 32.5 Å². The molecule has 0 unspecified atom stereocenters. The minimum absolute atomic E-state index is 0.0296. The van der Waals surface area contributed by atoms with E-state index < -0.39 is 29.0 Å². The second-order valence-electron chi connectivity index (χ2n) is 7.72. The van der Waals surface area contributed by atoms with Crippen LogP contribution in [-0.4, -0.2) is 25.0 Å². The van der Waals surface area contributed by atoms with E-state index in [1.54, 1.807) is 24.3 Å². The molecule has 0 radical (unpaired) electrons. The molecular formula is C25H16F3N5O2. The summed E-state index contributed by atoms with van der Waals surface area (Å²) in [7, 11) is 0. The molecule has 0 fully saturated rings. The molecule has 0 atom stereocenters. The Kier molecular flexibility index (Phi) is 5.40. The number of hydrogen-bond acceptors (Lipinski definition) is 4. The number of amides is 1. The maximum Gasteiger partial charge on any atom is 0.335 e. The van der Waals surface area contributed by atoms with Gasteiger partial charge in [-0.05, 0) is 42.0 Å². The van der Waals surface area contributed by atoms with Crippen molar-refractivity contribution < 1.29 is 18.0 Å². The van der Waals surface area contributed by atoms with E-state index in [2.05, 4.69) is 9.97 Å². The molecule has 0 saturated carbocycles. The number of fused-ring (bicyclic) bond motifs is 1. The summed E-state index contributed by atoms with van der Waals surface area (Å²) in [4.78, 5) is 34.6. The van der Waals surface area contributed by atoms with Gasteiger partial charge in [-0.15, -0.1) is 0 Å². The average molecular weight is 475 g/mol. The summed E-state index contributed by atoms with van der Waals surface area (Å²) in [6, 6.07) is 16.8. The number of carbonyl (C=O) groups is 1. The zero-order valence-electron chi connectivity index (χ0n) is 18.0. The first kappa shape index (κ1) is 22.1. The molecule has 0 spiro atoms. The van der Waals surface area contributed by atoms with Gasteiger partial charge in [-0.2, -0.15) is 0 Å². The summed E-state index contributed by atoms with van der Waals surface area (Å²) in [5.74, 6) is -3.52. The van der Waals surface area contributed by atoms with Gasteiger partial charge >= 0.3 is 5.69 Å². The topological polar surface area (TPSA) is 95.8 Å². The van der Waals surface area contributed by atoms with Crippen molar-refractivity contribution in [2.24, 2.45) is 5.73 Å². The summed E-state index contributed by atoms with van der Waals surface area (Å²) in [5, 5.41) is 0. The number of aromatic nitrogens is 4. The number of rotatable bonds is 5. The van der Waals surface area contributed by atoms with E-state index in [-0.39, 0.29) is 40.5 Å². The van der Waals surface area contributed by atoms with Gasteiger partial charge in [0.05, 0.1) is 17.8 Å². The number of nitrogens with two attached hydrogens (primary N) is 1. The number of carbonyl (C=O) groups excluding carboxylic acids is 1. The third-order valence-electron chi connectivity index (χ3n) is 5.44. The fraction of sp³-hybridized carbons (Fsp3) is 0.0400. The Morgan fingerprint density at radius 3 is 2.23 bits per heavy atom. The van der Waals surface area contributed by atoms with Gasteiger partial charge in [0.2, 0.25) is 0 Å². The van der Waals surface area contributed by atoms with Gasteiger partial charge in [0.15, 0.2) is 17.2 Å². The lowest BCUT2D eigenvalue weighted by Crippen LogP contribution is -2.24. The van der Waals surface area contributed by atoms with E-state index in [9.17, 15) is 22.8 Å². The molecular weight excluding hydrogens is 459 g/mol. The Morgan fingerprint density at radius 2 is 1.57 bits per heavy atom. The first-order chi connectivity index (χ1) is 16.8. The van der Waals surface area contributed by atoms with Crippen molar-refractivity contribution in [2.45, 2.75) is 6.54 Å². The molecule has 5 aromatic rings. The first-order valence-electron chi connectivity index (χ1n) is 10.4. The second kappa shape index (κ2) is 8.56. The fourth-order valence-corrected chi connectivity index (χ4v) is 3.85. The van der Waals surface area contributed by atoms with Crippen LogP contribution < -0.4 is 11.4 Å². The Bertz CT molecular complexity index is 1640. The smallest absolute Gasteiger partial charge is 0.335 e. The number of benzene rings is 3. The molecule has 2 aromatic heterocycles. The summed E-state index contributed by atoms with van der Waals surface area (Å²) in [6.45, 7) is 0.0538. The third kappa shape index (κ3) is 3.95. The van der Waals surface area contributed by atoms with Crippen molar-refractivity contribution in [2.75, 3.05) is 0 Å². The van der Waals surface area contributed by atoms with Gasteiger partial charge in [-0.1, -0.05) is 30.3 Å². The number of primary amides is 1. The zero-order valence-corrected chi connectivity index (χ0v) is 18.0. The number of halogens is 3. The van der Waals surface area contributed by atoms with Crippen molar-refractivity contribution in [1.29, 1.82) is 0 Å². The van der Waals surface area contributed by atoms with Crippen LogP contribution in [0.3, 0.4) is 0 Å². The molecule has 2 N–H and O–H groups in total. The standard InChI is InChI=1S/C25H16F3N5O2/c26-15-6-9-17(10-7-15)33-24-21(32(25(33)35)13-14-4-2-1-3-5-14)20(22(29)34)30-23(31-24)18-11-8-16(27)12-19(18)28/h1-12H,13H2,(H2,29,34). The predicted molar refractivity (Wildman–Crippen MR) is 122 cm³/mol. The molecule has 0 aliphatic heterocycles. The molecule has 10 heteroatoms. The highest BCUT2D eigenvalue weighted by Crippen LogP contribution is 2.26. The van der Waals surface area contributed by atoms with E-state index >= 15 is 0 Å². The van der Waals surface area contributed by atoms with E-state index in [4.69, 9.17) is 5.73 Å². The minimum atomic E-state index is -0.973. The van der Waals surface area contributed by atoms with Crippen LogP contribution in [0.5, 0.6) is 0 Å². The van der Waals surface area contributed by atoms with E-state index in [1.807, 2.05) is 6.07 Å². The SMILES string of the molecule is NC(=O)c1nc(-c2ccc(F)cc2F)nc2c1n(Cc1ccccc1)c(=O)n2-c1ccc(F)cc1. The van der Waals surface area contributed by atoms with Crippen molar-refractivity contribution in [1.82, 2.24) is 19.1 Å². The number of imidazole rings is 1. The van der Waals surface area contributed by atoms with Crippen LogP contribution in [0.1, 0.15) is 16.1 Å². The normalized spacial score (nSPS) is 11.2. The van der Waals surface area contributed by atoms with Crippen LogP contribution in [0.15, 0.2) is 77.6 Å². The van der Waals surface area contributed by atoms with Crippen LogP contribution >= 0.6 is 0 Å². The largest absolute Gasteiger partial charge is 0.364 e. The van der Waals surface area contributed by atoms with Crippen LogP contribution in [0.2, 0.25) is 0 Å². The van der Waals surface area contributed by atoms with Crippen molar-refractivity contribution in [3.63, 3.8) is 0 Å². The van der Waals surface area contributed by atoms with Crippen LogP contribution in [0.4, 0.5) is 13.2 Å². The van der Waals surface area contributed by atoms with Crippen molar-refractivity contribution >= 4 is 17.1 Å². The Labute approximate surface area is 195 Å². The third-order valence-corrected chi connectivity index (χ3v) is 5.44. The van der Waals surface area contributed by atoms with E-state index in [0.29, 0.717) is 6.07 Å². The first-order valence-corrected chi connectivity index (χ1v) is 10.4. The maximum atomic E-state index is 14.6. The lowest BCUT2D eigenvalue weighted by Gasteiger charge is -2.08. The van der Waals surface area contributed by atoms with Gasteiger partial charge in [0, 0.05) is 6.07 Å². The van der Waals surface area contributed by atoms with Gasteiger partial charge in [0.1, 0.15) is 23.0 Å². The van der Waals surface area contributed by atoms with Crippen molar-refractivity contribution in [3.8, 4) is 17.1 Å². The summed E-state index contributed by atoms with van der Waals surface area (Å²) in [6.07, 6.45) is 0. The quantitative estimate of drug-likeness (QED) is 0.418. The Balaban J connectivity index is 1.87. The minimum Gasteiger partial charge on any atom is -0.364 e. The highest BCUT2D eigenvalue weighted by molar-refractivity contribution is 6.02. The molecule has 0 aliphatic carbocycles. The summed E-state index contributed by atoms with van der Waals surface area (Å²) in [5.41, 5.74) is 5.50. The number of hydrogen-bond donors (Lipinski definition) is 1. The van der Waals surface area contributed by atoms with Crippen LogP contribution in [0.25, 0.3) is 28.2 Å². The Hall–Kier alpha value is -4.73. The van der Waals surface area contributed by atoms with Crippen LogP contribution in [-0.2, 0) is 6.54 Å². The average Bonchev–Trinajstić information content (AvgIpc) is 3.10. The van der Waals surface area contributed by atoms with E-state index in [0.717, 1.165) is 22.3 Å². The molecule has 7 nitrogen and oxygen atoms in total. The van der Waals surface area contributed by atoms with Crippen LogP contribution in [0, 0.1) is 17.5 Å². The molecule has 0 bridgehead atoms. The molecule has 174 valence electrons. The van der Waals surface area contributed by atoms with Gasteiger partial charge in [-0.3, -0.25) is 9.36 Å². The highest BCUT2D eigenvalue weighted by atomic mass is 19.1.